The molecular weight excluding hydrogens is 242 g/mol. The quantitative estimate of drug-likeness (QED) is 0.713. The van der Waals surface area contributed by atoms with E-state index < -0.39 is 9.84 Å². The van der Waals surface area contributed by atoms with Gasteiger partial charge < -0.3 is 11.1 Å². The second-order valence-corrected chi connectivity index (χ2v) is 5.98. The molecule has 1 aromatic heterocycles. The van der Waals surface area contributed by atoms with E-state index in [0.29, 0.717) is 18.7 Å². The number of nitrogens with zero attached hydrogens (tertiary/aromatic N) is 1. The number of carbonyl (C=O) groups is 1. The number of nitrogens with one attached hydrogen (secondary N) is 1. The van der Waals surface area contributed by atoms with Gasteiger partial charge in [-0.25, -0.2) is 13.4 Å². The number of rotatable bonds is 5. The summed E-state index contributed by atoms with van der Waals surface area (Å²) in [7, 11) is -2.98. The number of nitrogen functional groups attached to an aromatic ring is 1. The van der Waals surface area contributed by atoms with E-state index in [1.165, 1.54) is 12.3 Å². The third-order valence-corrected chi connectivity index (χ3v) is 3.03. The van der Waals surface area contributed by atoms with Crippen molar-refractivity contribution in [2.24, 2.45) is 0 Å². The zero-order valence-electron chi connectivity index (χ0n) is 9.51. The summed E-state index contributed by atoms with van der Waals surface area (Å²) in [5.74, 6) is -0.277. The minimum Gasteiger partial charge on any atom is -0.397 e. The highest BCUT2D eigenvalue weighted by atomic mass is 32.2. The predicted octanol–water partition coefficient (Wildman–Crippen LogP) is -0.172. The molecule has 0 saturated carbocycles. The third kappa shape index (κ3) is 5.30. The van der Waals surface area contributed by atoms with E-state index in [2.05, 4.69) is 10.3 Å². The normalized spacial score (nSPS) is 11.1. The first kappa shape index (κ1) is 13.4. The monoisotopic (exact) mass is 257 g/mol. The fraction of sp³-hybridized carbons (Fsp3) is 0.400. The Hall–Kier alpha value is -1.63. The van der Waals surface area contributed by atoms with Crippen molar-refractivity contribution in [3.8, 4) is 0 Å². The molecule has 0 atom stereocenters. The molecule has 3 N–H and O–H groups in total. The van der Waals surface area contributed by atoms with Crippen LogP contribution in [-0.4, -0.2) is 37.9 Å². The maximum Gasteiger partial charge on any atom is 0.269 e. The van der Waals surface area contributed by atoms with Crippen LogP contribution in [0, 0.1) is 0 Å². The maximum atomic E-state index is 11.5. The molecule has 17 heavy (non-hydrogen) atoms. The van der Waals surface area contributed by atoms with Crippen molar-refractivity contribution in [3.05, 3.63) is 24.0 Å². The smallest absolute Gasteiger partial charge is 0.269 e. The standard InChI is InChI=1S/C10H15N3O3S/c1-17(15,16)6-2-5-12-10(14)9-4-3-8(11)7-13-9/h3-4,7H,2,5-6,11H2,1H3,(H,12,14). The van der Waals surface area contributed by atoms with E-state index in [9.17, 15) is 13.2 Å². The summed E-state index contributed by atoms with van der Waals surface area (Å²) in [5, 5.41) is 2.58. The number of hydrogen-bond donors (Lipinski definition) is 2. The molecule has 7 heteroatoms. The Morgan fingerprint density at radius 1 is 1.47 bits per heavy atom. The molecule has 6 nitrogen and oxygen atoms in total. The lowest BCUT2D eigenvalue weighted by Crippen LogP contribution is -2.26. The maximum absolute atomic E-state index is 11.5. The number of nitrogens with two attached hydrogens (primary N) is 1. The van der Waals surface area contributed by atoms with Gasteiger partial charge in [-0.3, -0.25) is 4.79 Å². The summed E-state index contributed by atoms with van der Waals surface area (Å²) in [4.78, 5) is 15.4. The Morgan fingerprint density at radius 2 is 2.18 bits per heavy atom. The fourth-order valence-corrected chi connectivity index (χ4v) is 1.84. The van der Waals surface area contributed by atoms with Crippen molar-refractivity contribution < 1.29 is 13.2 Å². The summed E-state index contributed by atoms with van der Waals surface area (Å²) in [6, 6.07) is 3.10. The first-order chi connectivity index (χ1) is 7.88. The van der Waals surface area contributed by atoms with Gasteiger partial charge in [0.2, 0.25) is 0 Å². The topological polar surface area (TPSA) is 102 Å². The summed E-state index contributed by atoms with van der Waals surface area (Å²) in [5.41, 5.74) is 6.18. The molecule has 0 bridgehead atoms. The SMILES string of the molecule is CS(=O)(=O)CCCNC(=O)c1ccc(N)cn1. The molecule has 0 aliphatic rings. The Labute approximate surface area is 100 Å². The van der Waals surface area contributed by atoms with Crippen LogP contribution in [-0.2, 0) is 9.84 Å². The lowest BCUT2D eigenvalue weighted by Gasteiger charge is -2.04. The lowest BCUT2D eigenvalue weighted by atomic mass is 10.3. The Morgan fingerprint density at radius 3 is 2.71 bits per heavy atom. The average Bonchev–Trinajstić information content (AvgIpc) is 2.24. The van der Waals surface area contributed by atoms with Gasteiger partial charge in [-0.2, -0.15) is 0 Å². The largest absolute Gasteiger partial charge is 0.397 e. The molecule has 1 aromatic rings. The van der Waals surface area contributed by atoms with Gasteiger partial charge in [0.1, 0.15) is 15.5 Å². The summed E-state index contributed by atoms with van der Waals surface area (Å²) in [6.07, 6.45) is 2.95. The number of pyridine rings is 1. The molecule has 0 unspecified atom stereocenters. The van der Waals surface area contributed by atoms with Crippen molar-refractivity contribution in [1.29, 1.82) is 0 Å². The van der Waals surface area contributed by atoms with Crippen LogP contribution < -0.4 is 11.1 Å². The van der Waals surface area contributed by atoms with E-state index in [1.807, 2.05) is 0 Å². The van der Waals surface area contributed by atoms with Crippen molar-refractivity contribution in [3.63, 3.8) is 0 Å². The molecule has 0 saturated heterocycles. The van der Waals surface area contributed by atoms with Crippen LogP contribution in [0.5, 0.6) is 0 Å². The minimum atomic E-state index is -2.98. The Bertz CT molecular complexity index is 482. The van der Waals surface area contributed by atoms with E-state index in [-0.39, 0.29) is 17.4 Å². The van der Waals surface area contributed by atoms with Gasteiger partial charge in [-0.15, -0.1) is 0 Å². The first-order valence-corrected chi connectivity index (χ1v) is 7.12. The van der Waals surface area contributed by atoms with Crippen LogP contribution in [0.1, 0.15) is 16.9 Å². The molecule has 0 aliphatic carbocycles. The zero-order chi connectivity index (χ0) is 12.9. The summed E-state index contributed by atoms with van der Waals surface area (Å²) < 4.78 is 21.7. The van der Waals surface area contributed by atoms with Crippen LogP contribution in [0.2, 0.25) is 0 Å². The molecule has 1 rings (SSSR count). The van der Waals surface area contributed by atoms with Gasteiger partial charge >= 0.3 is 0 Å². The van der Waals surface area contributed by atoms with Gasteiger partial charge in [0.15, 0.2) is 0 Å². The van der Waals surface area contributed by atoms with E-state index in [1.54, 1.807) is 6.07 Å². The first-order valence-electron chi connectivity index (χ1n) is 5.06. The van der Waals surface area contributed by atoms with Gasteiger partial charge in [-0.05, 0) is 18.6 Å². The molecule has 94 valence electrons. The molecule has 0 spiro atoms. The second kappa shape index (κ2) is 5.62. The van der Waals surface area contributed by atoms with Crippen LogP contribution in [0.15, 0.2) is 18.3 Å². The molecule has 0 aliphatic heterocycles. The number of carbonyl (C=O) groups excluding carboxylic acids is 1. The Balaban J connectivity index is 2.38. The highest BCUT2D eigenvalue weighted by Gasteiger charge is 2.07. The minimum absolute atomic E-state index is 0.0580. The van der Waals surface area contributed by atoms with Gasteiger partial charge in [0, 0.05) is 12.8 Å². The third-order valence-electron chi connectivity index (χ3n) is 2.00. The highest BCUT2D eigenvalue weighted by Crippen LogP contribution is 2.00. The highest BCUT2D eigenvalue weighted by molar-refractivity contribution is 7.90. The van der Waals surface area contributed by atoms with E-state index in [0.717, 1.165) is 6.26 Å². The van der Waals surface area contributed by atoms with Crippen LogP contribution in [0.4, 0.5) is 5.69 Å². The average molecular weight is 257 g/mol. The Kier molecular flexibility index (Phi) is 4.45. The molecule has 1 amide bonds. The number of hydrogen-bond acceptors (Lipinski definition) is 5. The number of anilines is 1. The van der Waals surface area contributed by atoms with Crippen LogP contribution in [0.25, 0.3) is 0 Å². The predicted molar refractivity (Wildman–Crippen MR) is 65.3 cm³/mol. The van der Waals surface area contributed by atoms with Crippen molar-refractivity contribution in [2.45, 2.75) is 6.42 Å². The number of aromatic nitrogens is 1. The van der Waals surface area contributed by atoms with Crippen LogP contribution in [0.3, 0.4) is 0 Å². The van der Waals surface area contributed by atoms with E-state index in [4.69, 9.17) is 5.73 Å². The molecule has 0 radical (unpaired) electrons. The molecular formula is C10H15N3O3S. The van der Waals surface area contributed by atoms with Gasteiger partial charge in [-0.1, -0.05) is 0 Å². The zero-order valence-corrected chi connectivity index (χ0v) is 10.3. The lowest BCUT2D eigenvalue weighted by molar-refractivity contribution is 0.0949. The summed E-state index contributed by atoms with van der Waals surface area (Å²) in [6.45, 7) is 0.304. The van der Waals surface area contributed by atoms with Gasteiger partial charge in [0.05, 0.1) is 17.6 Å². The van der Waals surface area contributed by atoms with Crippen molar-refractivity contribution in [2.75, 3.05) is 24.3 Å². The fourth-order valence-electron chi connectivity index (χ4n) is 1.17. The molecule has 1 heterocycles. The van der Waals surface area contributed by atoms with E-state index >= 15 is 0 Å². The molecule has 0 fully saturated rings. The van der Waals surface area contributed by atoms with Crippen molar-refractivity contribution >= 4 is 21.4 Å². The van der Waals surface area contributed by atoms with Crippen LogP contribution >= 0.6 is 0 Å². The second-order valence-electron chi connectivity index (χ2n) is 3.72. The molecule has 0 aromatic carbocycles. The number of sulfone groups is 1. The van der Waals surface area contributed by atoms with Crippen molar-refractivity contribution in [1.82, 2.24) is 10.3 Å². The number of amides is 1. The summed E-state index contributed by atoms with van der Waals surface area (Å²) >= 11 is 0. The van der Waals surface area contributed by atoms with Gasteiger partial charge in [0.25, 0.3) is 5.91 Å².